The quantitative estimate of drug-likeness (QED) is 0.740. The number of amides is 1. The molecule has 0 saturated heterocycles. The Hall–Kier alpha value is -2.33. The molecule has 2 aromatic rings. The Morgan fingerprint density at radius 3 is 2.31 bits per heavy atom. The topological polar surface area (TPSA) is 75.3 Å². The zero-order chi connectivity index (χ0) is 19.7. The zero-order valence-electron chi connectivity index (χ0n) is 13.0. The van der Waals surface area contributed by atoms with Crippen LogP contribution in [0.5, 0.6) is 0 Å². The van der Waals surface area contributed by atoms with Crippen LogP contribution in [0.4, 0.5) is 28.9 Å². The Kier molecular flexibility index (Phi) is 5.47. The number of hydrogen-bond acceptors (Lipinski definition) is 3. The Morgan fingerprint density at radius 1 is 1.12 bits per heavy atom. The van der Waals surface area contributed by atoms with Gasteiger partial charge in [0.05, 0.1) is 21.2 Å². The first-order valence-electron chi connectivity index (χ1n) is 6.87. The molecule has 5 nitrogen and oxygen atoms in total. The van der Waals surface area contributed by atoms with Crippen LogP contribution in [-0.2, 0) is 21.0 Å². The Balaban J connectivity index is 2.47. The third-order valence-electron chi connectivity index (χ3n) is 3.09. The van der Waals surface area contributed by atoms with Gasteiger partial charge >= 0.3 is 6.18 Å². The van der Waals surface area contributed by atoms with Crippen molar-refractivity contribution in [2.24, 2.45) is 0 Å². The highest BCUT2D eigenvalue weighted by atomic mass is 35.5. The molecule has 0 aliphatic heterocycles. The standard InChI is InChI=1S/C15H11ClF4N2O3S/c1-8(23)21-9-2-5-14(11(6-9)15(18,19)20)22-26(24,25)10-3-4-13(17)12(16)7-10/h2-7,22H,1H3,(H,21,23). The van der Waals surface area contributed by atoms with Crippen molar-refractivity contribution in [1.82, 2.24) is 0 Å². The fourth-order valence-corrected chi connectivity index (χ4v) is 3.35. The maximum absolute atomic E-state index is 13.2. The van der Waals surface area contributed by atoms with E-state index in [1.807, 2.05) is 0 Å². The van der Waals surface area contributed by atoms with Crippen molar-refractivity contribution >= 4 is 38.9 Å². The number of rotatable bonds is 4. The van der Waals surface area contributed by atoms with Crippen LogP contribution >= 0.6 is 11.6 Å². The van der Waals surface area contributed by atoms with Gasteiger partial charge in [-0.3, -0.25) is 9.52 Å². The van der Waals surface area contributed by atoms with Crippen molar-refractivity contribution in [2.45, 2.75) is 18.0 Å². The third kappa shape index (κ3) is 4.64. The molecule has 0 aliphatic carbocycles. The normalized spacial score (nSPS) is 11.9. The predicted molar refractivity (Wildman–Crippen MR) is 88.0 cm³/mol. The second-order valence-corrected chi connectivity index (χ2v) is 7.21. The van der Waals surface area contributed by atoms with Crippen LogP contribution in [0, 0.1) is 5.82 Å². The molecule has 2 N–H and O–H groups in total. The molecule has 26 heavy (non-hydrogen) atoms. The van der Waals surface area contributed by atoms with E-state index in [0.717, 1.165) is 37.3 Å². The van der Waals surface area contributed by atoms with Crippen LogP contribution in [0.3, 0.4) is 0 Å². The van der Waals surface area contributed by atoms with Gasteiger partial charge < -0.3 is 5.32 Å². The molecule has 0 radical (unpaired) electrons. The van der Waals surface area contributed by atoms with Gasteiger partial charge in [-0.25, -0.2) is 12.8 Å². The summed E-state index contributed by atoms with van der Waals surface area (Å²) in [5.74, 6) is -1.46. The summed E-state index contributed by atoms with van der Waals surface area (Å²) in [4.78, 5) is 10.5. The smallest absolute Gasteiger partial charge is 0.326 e. The van der Waals surface area contributed by atoms with Crippen LogP contribution in [0.25, 0.3) is 0 Å². The number of benzene rings is 2. The second-order valence-electron chi connectivity index (χ2n) is 5.12. The summed E-state index contributed by atoms with van der Waals surface area (Å²) in [7, 11) is -4.46. The summed E-state index contributed by atoms with van der Waals surface area (Å²) >= 11 is 5.51. The highest BCUT2D eigenvalue weighted by Gasteiger charge is 2.35. The highest BCUT2D eigenvalue weighted by molar-refractivity contribution is 7.92. The number of carbonyl (C=O) groups excluding carboxylic acids is 1. The Morgan fingerprint density at radius 2 is 1.77 bits per heavy atom. The van der Waals surface area contributed by atoms with Crippen molar-refractivity contribution in [3.63, 3.8) is 0 Å². The van der Waals surface area contributed by atoms with Gasteiger partial charge in [-0.15, -0.1) is 0 Å². The van der Waals surface area contributed by atoms with Crippen LogP contribution in [0.1, 0.15) is 12.5 Å². The largest absolute Gasteiger partial charge is 0.418 e. The van der Waals surface area contributed by atoms with E-state index < -0.39 is 49.1 Å². The fraction of sp³-hybridized carbons (Fsp3) is 0.133. The molecule has 1 amide bonds. The molecule has 2 aromatic carbocycles. The lowest BCUT2D eigenvalue weighted by molar-refractivity contribution is -0.136. The molecule has 0 unspecified atom stereocenters. The molecule has 11 heteroatoms. The van der Waals surface area contributed by atoms with Gasteiger partial charge in [0.2, 0.25) is 5.91 Å². The van der Waals surface area contributed by atoms with E-state index in [9.17, 15) is 30.8 Å². The van der Waals surface area contributed by atoms with E-state index in [4.69, 9.17) is 11.6 Å². The van der Waals surface area contributed by atoms with E-state index in [-0.39, 0.29) is 5.69 Å². The number of carbonyl (C=O) groups is 1. The molecule has 140 valence electrons. The first-order chi connectivity index (χ1) is 11.9. The molecule has 0 bridgehead atoms. The van der Waals surface area contributed by atoms with Crippen molar-refractivity contribution in [2.75, 3.05) is 10.0 Å². The SMILES string of the molecule is CC(=O)Nc1ccc(NS(=O)(=O)c2ccc(F)c(Cl)c2)c(C(F)(F)F)c1. The number of anilines is 2. The van der Waals surface area contributed by atoms with E-state index in [2.05, 4.69) is 5.32 Å². The first kappa shape index (κ1) is 20.0. The summed E-state index contributed by atoms with van der Waals surface area (Å²) in [6, 6.07) is 4.97. The van der Waals surface area contributed by atoms with Crippen LogP contribution in [0.15, 0.2) is 41.3 Å². The fourth-order valence-electron chi connectivity index (χ4n) is 2.00. The minimum atomic E-state index is -4.90. The van der Waals surface area contributed by atoms with E-state index in [1.165, 1.54) is 0 Å². The van der Waals surface area contributed by atoms with Gasteiger partial charge in [-0.05, 0) is 36.4 Å². The monoisotopic (exact) mass is 410 g/mol. The average Bonchev–Trinajstić information content (AvgIpc) is 2.49. The van der Waals surface area contributed by atoms with Gasteiger partial charge in [0.25, 0.3) is 10.0 Å². The highest BCUT2D eigenvalue weighted by Crippen LogP contribution is 2.37. The number of hydrogen-bond donors (Lipinski definition) is 2. The van der Waals surface area contributed by atoms with Crippen LogP contribution < -0.4 is 10.0 Å². The van der Waals surface area contributed by atoms with Crippen molar-refractivity contribution in [3.05, 3.63) is 52.8 Å². The molecular formula is C15H11ClF4N2O3S. The van der Waals surface area contributed by atoms with Gasteiger partial charge in [0.15, 0.2) is 0 Å². The lowest BCUT2D eigenvalue weighted by Gasteiger charge is -2.16. The summed E-state index contributed by atoms with van der Waals surface area (Å²) in [5, 5.41) is 1.68. The van der Waals surface area contributed by atoms with Crippen molar-refractivity contribution in [3.8, 4) is 0 Å². The minimum absolute atomic E-state index is 0.155. The van der Waals surface area contributed by atoms with Crippen LogP contribution in [-0.4, -0.2) is 14.3 Å². The first-order valence-corrected chi connectivity index (χ1v) is 8.73. The average molecular weight is 411 g/mol. The number of halogens is 5. The summed E-state index contributed by atoms with van der Waals surface area (Å²) in [6.07, 6.45) is -4.90. The van der Waals surface area contributed by atoms with E-state index in [0.29, 0.717) is 6.07 Å². The molecule has 0 fully saturated rings. The molecule has 0 aromatic heterocycles. The Bertz CT molecular complexity index is 962. The number of sulfonamides is 1. The third-order valence-corrected chi connectivity index (χ3v) is 4.74. The molecule has 2 rings (SSSR count). The maximum atomic E-state index is 13.2. The number of alkyl halides is 3. The predicted octanol–water partition coefficient (Wildman–Crippen LogP) is 4.26. The second kappa shape index (κ2) is 7.12. The van der Waals surface area contributed by atoms with Gasteiger partial charge in [-0.1, -0.05) is 11.6 Å². The van der Waals surface area contributed by atoms with E-state index in [1.54, 1.807) is 4.72 Å². The molecule has 0 spiro atoms. The summed E-state index contributed by atoms with van der Waals surface area (Å²) in [6.45, 7) is 1.11. The molecule has 0 heterocycles. The van der Waals surface area contributed by atoms with Crippen LogP contribution in [0.2, 0.25) is 5.02 Å². The summed E-state index contributed by atoms with van der Waals surface area (Å²) < 4.78 is 79.2. The van der Waals surface area contributed by atoms with Crippen molar-refractivity contribution < 1.29 is 30.8 Å². The molecule has 0 atom stereocenters. The molecule has 0 aliphatic rings. The van der Waals surface area contributed by atoms with Gasteiger partial charge in [0, 0.05) is 12.6 Å². The maximum Gasteiger partial charge on any atom is 0.418 e. The molecular weight excluding hydrogens is 400 g/mol. The van der Waals surface area contributed by atoms with Gasteiger partial charge in [-0.2, -0.15) is 13.2 Å². The minimum Gasteiger partial charge on any atom is -0.326 e. The lowest BCUT2D eigenvalue weighted by Crippen LogP contribution is -2.18. The zero-order valence-corrected chi connectivity index (χ0v) is 14.6. The van der Waals surface area contributed by atoms with Gasteiger partial charge in [0.1, 0.15) is 5.82 Å². The van der Waals surface area contributed by atoms with E-state index >= 15 is 0 Å². The number of nitrogens with one attached hydrogen (secondary N) is 2. The lowest BCUT2D eigenvalue weighted by atomic mass is 10.1. The summed E-state index contributed by atoms with van der Waals surface area (Å²) in [5.41, 5.74) is -2.22. The Labute approximate surface area is 151 Å². The molecule has 0 saturated carbocycles. The van der Waals surface area contributed by atoms with Crippen molar-refractivity contribution in [1.29, 1.82) is 0 Å².